The summed E-state index contributed by atoms with van der Waals surface area (Å²) >= 11 is 2.98. The topological polar surface area (TPSA) is 67.4 Å². The summed E-state index contributed by atoms with van der Waals surface area (Å²) in [6.07, 6.45) is 4.35. The summed E-state index contributed by atoms with van der Waals surface area (Å²) in [4.78, 5) is 25.1. The van der Waals surface area contributed by atoms with Gasteiger partial charge < -0.3 is 15.0 Å². The molecule has 0 fully saturated rings. The molecule has 0 saturated carbocycles. The first kappa shape index (κ1) is 22.7. The van der Waals surface area contributed by atoms with Crippen molar-refractivity contribution in [3.63, 3.8) is 0 Å². The van der Waals surface area contributed by atoms with E-state index in [-0.39, 0.29) is 18.0 Å². The van der Waals surface area contributed by atoms with Gasteiger partial charge in [-0.15, -0.1) is 22.7 Å². The molecule has 1 aromatic carbocycles. The second-order valence-corrected chi connectivity index (χ2v) is 11.2. The number of carbonyl (C=O) groups is 1. The van der Waals surface area contributed by atoms with Crippen molar-refractivity contribution in [1.82, 2.24) is 14.9 Å². The van der Waals surface area contributed by atoms with Crippen molar-refractivity contribution in [3.05, 3.63) is 52.7 Å². The molecular weight excluding hydrogens is 471 g/mol. The number of amides is 1. The van der Waals surface area contributed by atoms with Crippen LogP contribution in [0.4, 0.5) is 20.6 Å². The van der Waals surface area contributed by atoms with E-state index in [1.165, 1.54) is 11.3 Å². The molecule has 1 N–H and O–H groups in total. The maximum Gasteiger partial charge on any atom is 0.410 e. The van der Waals surface area contributed by atoms with E-state index >= 15 is 0 Å². The molecule has 34 heavy (non-hydrogen) atoms. The van der Waals surface area contributed by atoms with Crippen LogP contribution in [0.5, 0.6) is 0 Å². The molecule has 6 nitrogen and oxygen atoms in total. The number of nitrogens with one attached hydrogen (secondary N) is 1. The fourth-order valence-electron chi connectivity index (χ4n) is 4.10. The number of ether oxygens (including phenoxy) is 1. The lowest BCUT2D eigenvalue weighted by atomic mass is 10.00. The second-order valence-electron chi connectivity index (χ2n) is 9.24. The van der Waals surface area contributed by atoms with Crippen LogP contribution in [0.25, 0.3) is 26.0 Å². The van der Waals surface area contributed by atoms with Crippen LogP contribution in [0.3, 0.4) is 0 Å². The highest BCUT2D eigenvalue weighted by atomic mass is 32.1. The molecule has 1 amide bonds. The van der Waals surface area contributed by atoms with Crippen LogP contribution < -0.4 is 5.32 Å². The Morgan fingerprint density at radius 1 is 1.24 bits per heavy atom. The van der Waals surface area contributed by atoms with Crippen molar-refractivity contribution in [2.75, 3.05) is 11.9 Å². The van der Waals surface area contributed by atoms with Crippen LogP contribution in [-0.4, -0.2) is 39.1 Å². The molecule has 3 aromatic heterocycles. The highest BCUT2D eigenvalue weighted by molar-refractivity contribution is 7.19. The largest absolute Gasteiger partial charge is 0.444 e. The van der Waals surface area contributed by atoms with Crippen molar-refractivity contribution in [2.45, 2.75) is 45.8 Å². The Morgan fingerprint density at radius 2 is 2.06 bits per heavy atom. The van der Waals surface area contributed by atoms with Gasteiger partial charge in [-0.25, -0.2) is 19.2 Å². The second kappa shape index (κ2) is 8.63. The number of halogens is 1. The van der Waals surface area contributed by atoms with Gasteiger partial charge in [0.15, 0.2) is 5.82 Å². The summed E-state index contributed by atoms with van der Waals surface area (Å²) in [5, 5.41) is 4.14. The van der Waals surface area contributed by atoms with E-state index in [1.807, 2.05) is 39.8 Å². The third-order valence-corrected chi connectivity index (χ3v) is 7.60. The number of thiophene rings is 1. The minimum atomic E-state index is -0.545. The SMILES string of the molecule is C[C@@H]1C(c2cc3c(Nc4ccc5scnc5c4F)ccnc3s2)=CCCN1C(=O)OC(C)(C)C. The number of aromatic nitrogens is 2. The number of hydrogen-bond acceptors (Lipinski definition) is 7. The quantitative estimate of drug-likeness (QED) is 0.325. The molecule has 0 unspecified atom stereocenters. The number of benzene rings is 1. The van der Waals surface area contributed by atoms with Gasteiger partial charge in [-0.3, -0.25) is 0 Å². The molecule has 4 heterocycles. The molecular formula is C25H25FN4O2S2. The molecule has 0 saturated heterocycles. The minimum absolute atomic E-state index is 0.127. The lowest BCUT2D eigenvalue weighted by Gasteiger charge is -2.35. The smallest absolute Gasteiger partial charge is 0.410 e. The molecule has 1 aliphatic rings. The number of nitrogens with zero attached hydrogens (tertiary/aromatic N) is 3. The zero-order chi connectivity index (χ0) is 24.0. The number of rotatable bonds is 3. The van der Waals surface area contributed by atoms with E-state index in [0.717, 1.165) is 37.5 Å². The van der Waals surface area contributed by atoms with E-state index < -0.39 is 5.60 Å². The van der Waals surface area contributed by atoms with Gasteiger partial charge in [0.2, 0.25) is 0 Å². The summed E-state index contributed by atoms with van der Waals surface area (Å²) in [7, 11) is 0. The summed E-state index contributed by atoms with van der Waals surface area (Å²) in [6.45, 7) is 8.25. The third-order valence-electron chi connectivity index (χ3n) is 5.71. The Labute approximate surface area is 205 Å². The van der Waals surface area contributed by atoms with Crippen LogP contribution in [0.2, 0.25) is 0 Å². The molecule has 0 aliphatic carbocycles. The highest BCUT2D eigenvalue weighted by Crippen LogP contribution is 2.39. The zero-order valence-electron chi connectivity index (χ0n) is 19.4. The number of fused-ring (bicyclic) bond motifs is 2. The van der Waals surface area contributed by atoms with Gasteiger partial charge in [0.25, 0.3) is 0 Å². The van der Waals surface area contributed by atoms with Crippen molar-refractivity contribution in [3.8, 4) is 0 Å². The van der Waals surface area contributed by atoms with E-state index in [1.54, 1.807) is 34.0 Å². The van der Waals surface area contributed by atoms with Crippen LogP contribution in [0.1, 0.15) is 39.0 Å². The van der Waals surface area contributed by atoms with Crippen LogP contribution in [0.15, 0.2) is 42.0 Å². The van der Waals surface area contributed by atoms with E-state index in [0.29, 0.717) is 17.7 Å². The van der Waals surface area contributed by atoms with Gasteiger partial charge in [-0.1, -0.05) is 6.08 Å². The van der Waals surface area contributed by atoms with Crippen LogP contribution in [0, 0.1) is 5.82 Å². The number of carbonyl (C=O) groups excluding carboxylic acids is 1. The fraction of sp³-hybridized carbons (Fsp3) is 0.320. The highest BCUT2D eigenvalue weighted by Gasteiger charge is 2.31. The fourth-order valence-corrected chi connectivity index (χ4v) is 5.92. The summed E-state index contributed by atoms with van der Waals surface area (Å²) < 4.78 is 21.4. The molecule has 0 bridgehead atoms. The van der Waals surface area contributed by atoms with Gasteiger partial charge in [-0.2, -0.15) is 0 Å². The first-order valence-corrected chi connectivity index (χ1v) is 12.8. The Balaban J connectivity index is 1.45. The molecule has 9 heteroatoms. The standard InChI is InChI=1S/C25H25FN4O2S2/c1-14-15(6-5-11-30(14)24(31)32-25(2,3)4)20-12-16-17(9-10-27-23(16)34-20)29-18-7-8-19-22(21(18)26)28-13-33-19/h6-10,12-14H,5,11H2,1-4H3,(H,27,29)/t14-/m1/s1. The first-order valence-electron chi connectivity index (χ1n) is 11.1. The van der Waals surface area contributed by atoms with Gasteiger partial charge in [0.05, 0.1) is 27.6 Å². The molecule has 176 valence electrons. The van der Waals surface area contributed by atoms with Crippen LogP contribution >= 0.6 is 22.7 Å². The maximum atomic E-state index is 15.0. The number of thiazole rings is 1. The zero-order valence-corrected chi connectivity index (χ0v) is 21.0. The molecule has 5 rings (SSSR count). The normalized spacial score (nSPS) is 16.7. The molecule has 0 spiro atoms. The predicted molar refractivity (Wildman–Crippen MR) is 137 cm³/mol. The Morgan fingerprint density at radius 3 is 2.85 bits per heavy atom. The van der Waals surface area contributed by atoms with Gasteiger partial charge in [0, 0.05) is 23.0 Å². The van der Waals surface area contributed by atoms with E-state index in [2.05, 4.69) is 27.4 Å². The Bertz CT molecular complexity index is 1420. The van der Waals surface area contributed by atoms with Crippen molar-refractivity contribution < 1.29 is 13.9 Å². The minimum Gasteiger partial charge on any atom is -0.444 e. The molecule has 1 aliphatic heterocycles. The summed E-state index contributed by atoms with van der Waals surface area (Å²) in [6, 6.07) is 7.39. The third kappa shape index (κ3) is 4.25. The lowest BCUT2D eigenvalue weighted by Crippen LogP contribution is -2.44. The number of anilines is 2. The molecule has 4 aromatic rings. The number of pyridine rings is 1. The first-order chi connectivity index (χ1) is 16.2. The van der Waals surface area contributed by atoms with Gasteiger partial charge >= 0.3 is 6.09 Å². The van der Waals surface area contributed by atoms with Gasteiger partial charge in [-0.05, 0) is 64.0 Å². The lowest BCUT2D eigenvalue weighted by molar-refractivity contribution is 0.0214. The van der Waals surface area contributed by atoms with Crippen molar-refractivity contribution in [2.24, 2.45) is 0 Å². The van der Waals surface area contributed by atoms with Crippen molar-refractivity contribution >= 4 is 66.1 Å². The van der Waals surface area contributed by atoms with Gasteiger partial charge in [0.1, 0.15) is 15.9 Å². The van der Waals surface area contributed by atoms with E-state index in [4.69, 9.17) is 4.74 Å². The Hall–Kier alpha value is -3.04. The summed E-state index contributed by atoms with van der Waals surface area (Å²) in [5.74, 6) is -0.365. The number of hydrogen-bond donors (Lipinski definition) is 1. The average Bonchev–Trinajstić information content (AvgIpc) is 3.42. The molecule has 0 radical (unpaired) electrons. The van der Waals surface area contributed by atoms with Crippen molar-refractivity contribution in [1.29, 1.82) is 0 Å². The molecule has 1 atom stereocenters. The summed E-state index contributed by atoms with van der Waals surface area (Å²) in [5.41, 5.74) is 3.69. The maximum absolute atomic E-state index is 15.0. The van der Waals surface area contributed by atoms with Crippen LogP contribution in [-0.2, 0) is 4.74 Å². The Kier molecular flexibility index (Phi) is 5.77. The van der Waals surface area contributed by atoms with E-state index in [9.17, 15) is 9.18 Å². The monoisotopic (exact) mass is 496 g/mol. The predicted octanol–water partition coefficient (Wildman–Crippen LogP) is 7.20. The average molecular weight is 497 g/mol.